The van der Waals surface area contributed by atoms with Crippen molar-refractivity contribution >= 4 is 5.82 Å². The van der Waals surface area contributed by atoms with Crippen molar-refractivity contribution in [1.82, 2.24) is 0 Å². The van der Waals surface area contributed by atoms with E-state index in [1.807, 2.05) is 12.1 Å². The number of H-pyrrole nitrogens is 1. The Labute approximate surface area is 121 Å². The van der Waals surface area contributed by atoms with Gasteiger partial charge < -0.3 is 4.74 Å². The van der Waals surface area contributed by atoms with Crippen molar-refractivity contribution in [3.63, 3.8) is 0 Å². The third kappa shape index (κ3) is 2.60. The van der Waals surface area contributed by atoms with Crippen molar-refractivity contribution in [3.8, 4) is 29.1 Å². The van der Waals surface area contributed by atoms with Crippen LogP contribution in [-0.2, 0) is 0 Å². The van der Waals surface area contributed by atoms with Gasteiger partial charge in [0, 0.05) is 5.56 Å². The van der Waals surface area contributed by atoms with Crippen LogP contribution in [0.3, 0.4) is 0 Å². The van der Waals surface area contributed by atoms with Crippen molar-refractivity contribution in [2.45, 2.75) is 6.92 Å². The largest absolute Gasteiger partial charge is 0.462 e. The van der Waals surface area contributed by atoms with Gasteiger partial charge in [-0.3, -0.25) is 5.73 Å². The fraction of sp³-hybridized carbons (Fsp3) is 0.133. The Morgan fingerprint density at radius 1 is 1.19 bits per heavy atom. The number of nitrogens with two attached hydrogens (primary N) is 1. The SMILES string of the molecule is CCOc1[nH+]c(N)c(C#N)c(-c2ccc(F)cc2)c1C#N. The standard InChI is InChI=1S/C15H11FN4O/c1-2-21-15-12(8-18)13(11(7-17)14(19)20-15)9-3-5-10(16)6-4-9/h3-6H,2H2,1H3,(H2,19,20)/p+1. The second-order valence-corrected chi connectivity index (χ2v) is 4.16. The summed E-state index contributed by atoms with van der Waals surface area (Å²) in [6.45, 7) is 2.10. The average Bonchev–Trinajstić information content (AvgIpc) is 2.48. The Bertz CT molecular complexity index is 757. The second kappa shape index (κ2) is 5.89. The molecule has 1 heterocycles. The summed E-state index contributed by atoms with van der Waals surface area (Å²) in [5.74, 6) is -0.119. The average molecular weight is 283 g/mol. The number of nitrogen functional groups attached to an aromatic ring is 1. The maximum absolute atomic E-state index is 13.1. The van der Waals surface area contributed by atoms with Crippen LogP contribution >= 0.6 is 0 Å². The number of halogens is 1. The minimum atomic E-state index is -0.406. The zero-order chi connectivity index (χ0) is 15.4. The third-order valence-corrected chi connectivity index (χ3v) is 2.89. The molecule has 1 aromatic carbocycles. The number of nitrogens with zero attached hydrogens (tertiary/aromatic N) is 2. The van der Waals surface area contributed by atoms with E-state index in [1.165, 1.54) is 24.3 Å². The highest BCUT2D eigenvalue weighted by Gasteiger charge is 2.24. The summed E-state index contributed by atoms with van der Waals surface area (Å²) < 4.78 is 18.4. The van der Waals surface area contributed by atoms with E-state index in [0.717, 1.165) is 0 Å². The molecule has 0 spiro atoms. The fourth-order valence-electron chi connectivity index (χ4n) is 2.00. The van der Waals surface area contributed by atoms with E-state index in [1.54, 1.807) is 6.92 Å². The van der Waals surface area contributed by atoms with Gasteiger partial charge in [0.05, 0.1) is 6.61 Å². The summed E-state index contributed by atoms with van der Waals surface area (Å²) in [5.41, 5.74) is 6.95. The van der Waals surface area contributed by atoms with Gasteiger partial charge in [0.25, 0.3) is 5.82 Å². The quantitative estimate of drug-likeness (QED) is 0.931. The number of hydrogen-bond acceptors (Lipinski definition) is 4. The molecule has 21 heavy (non-hydrogen) atoms. The summed E-state index contributed by atoms with van der Waals surface area (Å²) in [5, 5.41) is 18.7. The first-order chi connectivity index (χ1) is 10.1. The Morgan fingerprint density at radius 2 is 1.81 bits per heavy atom. The van der Waals surface area contributed by atoms with E-state index >= 15 is 0 Å². The molecule has 104 valence electrons. The van der Waals surface area contributed by atoms with Crippen LogP contribution in [0.4, 0.5) is 10.2 Å². The van der Waals surface area contributed by atoms with Gasteiger partial charge in [-0.25, -0.2) is 9.37 Å². The van der Waals surface area contributed by atoms with Gasteiger partial charge in [-0.1, -0.05) is 12.1 Å². The molecule has 5 nitrogen and oxygen atoms in total. The van der Waals surface area contributed by atoms with Gasteiger partial charge in [0.15, 0.2) is 5.56 Å². The first-order valence-corrected chi connectivity index (χ1v) is 6.20. The number of aromatic amines is 1. The monoisotopic (exact) mass is 283 g/mol. The van der Waals surface area contributed by atoms with E-state index in [9.17, 15) is 14.9 Å². The van der Waals surface area contributed by atoms with Gasteiger partial charge >= 0.3 is 5.88 Å². The molecule has 0 amide bonds. The number of anilines is 1. The molecule has 1 aromatic heterocycles. The summed E-state index contributed by atoms with van der Waals surface area (Å²) in [7, 11) is 0. The van der Waals surface area contributed by atoms with Crippen LogP contribution in [0.25, 0.3) is 11.1 Å². The van der Waals surface area contributed by atoms with E-state index in [-0.39, 0.29) is 22.8 Å². The summed E-state index contributed by atoms with van der Waals surface area (Å²) in [6.07, 6.45) is 0. The molecule has 0 bridgehead atoms. The number of aromatic nitrogens is 1. The van der Waals surface area contributed by atoms with E-state index < -0.39 is 5.82 Å². The maximum Gasteiger partial charge on any atom is 0.301 e. The minimum absolute atomic E-state index is 0.0966. The second-order valence-electron chi connectivity index (χ2n) is 4.16. The maximum atomic E-state index is 13.1. The van der Waals surface area contributed by atoms with Crippen LogP contribution in [0.2, 0.25) is 0 Å². The first kappa shape index (κ1) is 14.3. The van der Waals surface area contributed by atoms with Crippen molar-refractivity contribution in [3.05, 3.63) is 41.2 Å². The molecule has 0 fully saturated rings. The number of nitrogens with one attached hydrogen (secondary N) is 1. The number of benzene rings is 1. The van der Waals surface area contributed by atoms with Crippen molar-refractivity contribution in [1.29, 1.82) is 10.5 Å². The molecule has 0 saturated carbocycles. The molecule has 0 saturated heterocycles. The number of nitriles is 2. The number of rotatable bonds is 3. The smallest absolute Gasteiger partial charge is 0.301 e. The lowest BCUT2D eigenvalue weighted by Crippen LogP contribution is -2.19. The molecule has 0 atom stereocenters. The highest BCUT2D eigenvalue weighted by molar-refractivity contribution is 5.80. The lowest BCUT2D eigenvalue weighted by molar-refractivity contribution is -0.377. The zero-order valence-electron chi connectivity index (χ0n) is 11.3. The minimum Gasteiger partial charge on any atom is -0.462 e. The Hall–Kier alpha value is -3.12. The lowest BCUT2D eigenvalue weighted by atomic mass is 9.96. The highest BCUT2D eigenvalue weighted by atomic mass is 19.1. The zero-order valence-corrected chi connectivity index (χ0v) is 11.3. The summed E-state index contributed by atoms with van der Waals surface area (Å²) in [6, 6.07) is 9.46. The van der Waals surface area contributed by atoms with Gasteiger partial charge in [-0.2, -0.15) is 10.5 Å². The molecular formula is C15H12FN4O+. The van der Waals surface area contributed by atoms with Crippen LogP contribution in [0.5, 0.6) is 5.88 Å². The molecule has 2 aromatic rings. The van der Waals surface area contributed by atoms with Gasteiger partial charge in [0.2, 0.25) is 0 Å². The van der Waals surface area contributed by atoms with Crippen molar-refractivity contribution in [2.75, 3.05) is 12.3 Å². The molecule has 6 heteroatoms. The van der Waals surface area contributed by atoms with Crippen LogP contribution in [0.1, 0.15) is 18.1 Å². The molecule has 0 radical (unpaired) electrons. The van der Waals surface area contributed by atoms with Crippen molar-refractivity contribution in [2.24, 2.45) is 0 Å². The number of pyridine rings is 1. The number of ether oxygens (including phenoxy) is 1. The lowest BCUT2D eigenvalue weighted by Gasteiger charge is -2.10. The third-order valence-electron chi connectivity index (χ3n) is 2.89. The van der Waals surface area contributed by atoms with E-state index in [4.69, 9.17) is 10.5 Å². The van der Waals surface area contributed by atoms with E-state index in [2.05, 4.69) is 4.98 Å². The molecule has 3 N–H and O–H groups in total. The molecule has 0 unspecified atom stereocenters. The molecule has 2 rings (SSSR count). The topological polar surface area (TPSA) is 97.0 Å². The van der Waals surface area contributed by atoms with Gasteiger partial charge in [-0.05, 0) is 24.6 Å². The fourth-order valence-corrected chi connectivity index (χ4v) is 2.00. The molecule has 0 aliphatic heterocycles. The highest BCUT2D eigenvalue weighted by Crippen LogP contribution is 2.32. The number of hydrogen-bond donors (Lipinski definition) is 1. The van der Waals surface area contributed by atoms with Crippen LogP contribution in [-0.4, -0.2) is 6.61 Å². The van der Waals surface area contributed by atoms with Crippen LogP contribution in [0, 0.1) is 28.5 Å². The normalized spacial score (nSPS) is 9.71. The van der Waals surface area contributed by atoms with Crippen molar-refractivity contribution < 1.29 is 14.1 Å². The summed E-state index contributed by atoms with van der Waals surface area (Å²) >= 11 is 0. The predicted octanol–water partition coefficient (Wildman–Crippen LogP) is 2.03. The molecular weight excluding hydrogens is 271 g/mol. The van der Waals surface area contributed by atoms with Crippen LogP contribution in [0.15, 0.2) is 24.3 Å². The van der Waals surface area contributed by atoms with Gasteiger partial charge in [0.1, 0.15) is 23.5 Å². The van der Waals surface area contributed by atoms with E-state index in [0.29, 0.717) is 17.7 Å². The Morgan fingerprint density at radius 3 is 2.33 bits per heavy atom. The predicted molar refractivity (Wildman–Crippen MR) is 73.4 cm³/mol. The molecule has 0 aliphatic rings. The Kier molecular flexibility index (Phi) is 4.01. The Balaban J connectivity index is 2.81. The molecule has 0 aliphatic carbocycles. The first-order valence-electron chi connectivity index (χ1n) is 6.20. The van der Waals surface area contributed by atoms with Crippen LogP contribution < -0.4 is 15.5 Å². The summed E-state index contributed by atoms with van der Waals surface area (Å²) in [4.78, 5) is 2.71. The van der Waals surface area contributed by atoms with Gasteiger partial charge in [-0.15, -0.1) is 0 Å².